The van der Waals surface area contributed by atoms with E-state index in [0.717, 1.165) is 31.8 Å². The molecule has 5 nitrogen and oxygen atoms in total. The molecule has 0 radical (unpaired) electrons. The van der Waals surface area contributed by atoms with Crippen LogP contribution in [0.15, 0.2) is 12.1 Å². The van der Waals surface area contributed by atoms with Gasteiger partial charge in [-0.25, -0.2) is 9.78 Å². The number of aromatic nitrogens is 1. The van der Waals surface area contributed by atoms with E-state index in [4.69, 9.17) is 9.47 Å². The number of nitrogens with one attached hydrogen (secondary N) is 1. The number of ether oxygens (including phenoxy) is 2. The normalized spacial score (nSPS) is 18.9. The zero-order chi connectivity index (χ0) is 13.7. The van der Waals surface area contributed by atoms with E-state index in [1.807, 2.05) is 0 Å². The lowest BCUT2D eigenvalue weighted by molar-refractivity contribution is 0.0247. The zero-order valence-corrected chi connectivity index (χ0v) is 11.4. The highest BCUT2D eigenvalue weighted by molar-refractivity contribution is 5.90. The molecule has 1 atom stereocenters. The first kappa shape index (κ1) is 13.8. The minimum Gasteiger partial charge on any atom is -0.465 e. The van der Waals surface area contributed by atoms with Crippen LogP contribution in [0.25, 0.3) is 0 Å². The number of hydrogen-bond acceptors (Lipinski definition) is 5. The van der Waals surface area contributed by atoms with Gasteiger partial charge in [-0.2, -0.15) is 0 Å². The Morgan fingerprint density at radius 3 is 3.00 bits per heavy atom. The Bertz CT molecular complexity index is 442. The number of aryl methyl sites for hydroxylation is 1. The van der Waals surface area contributed by atoms with E-state index in [0.29, 0.717) is 11.3 Å². The van der Waals surface area contributed by atoms with Gasteiger partial charge in [0, 0.05) is 13.2 Å². The van der Waals surface area contributed by atoms with E-state index in [1.165, 1.54) is 13.5 Å². The monoisotopic (exact) mass is 264 g/mol. The van der Waals surface area contributed by atoms with Crippen molar-refractivity contribution in [2.24, 2.45) is 0 Å². The fraction of sp³-hybridized carbons (Fsp3) is 0.571. The standard InChI is InChI=1S/C14H20N2O3/c1-10-12(14(17)18-2)6-7-13(16-10)15-9-11-5-3-4-8-19-11/h6-7,11H,3-5,8-9H2,1-2H3,(H,15,16). The molecule has 1 aromatic rings. The van der Waals surface area contributed by atoms with Gasteiger partial charge < -0.3 is 14.8 Å². The van der Waals surface area contributed by atoms with Crippen LogP contribution in [0.1, 0.15) is 35.3 Å². The average Bonchev–Trinajstić information content (AvgIpc) is 2.45. The molecule has 5 heteroatoms. The summed E-state index contributed by atoms with van der Waals surface area (Å²) in [5.41, 5.74) is 1.17. The molecule has 1 fully saturated rings. The molecule has 2 rings (SSSR count). The number of rotatable bonds is 4. The van der Waals surface area contributed by atoms with Crippen molar-refractivity contribution in [1.29, 1.82) is 0 Å². The topological polar surface area (TPSA) is 60.5 Å². The lowest BCUT2D eigenvalue weighted by Gasteiger charge is -2.23. The molecule has 104 valence electrons. The van der Waals surface area contributed by atoms with Gasteiger partial charge in [0.05, 0.1) is 24.5 Å². The second-order valence-corrected chi connectivity index (χ2v) is 4.69. The summed E-state index contributed by atoms with van der Waals surface area (Å²) in [5.74, 6) is 0.409. The number of carbonyl (C=O) groups is 1. The number of nitrogens with zero attached hydrogens (tertiary/aromatic N) is 1. The average molecular weight is 264 g/mol. The van der Waals surface area contributed by atoms with Crippen molar-refractivity contribution in [2.75, 3.05) is 25.6 Å². The molecule has 0 saturated carbocycles. The van der Waals surface area contributed by atoms with Gasteiger partial charge in [0.2, 0.25) is 0 Å². The van der Waals surface area contributed by atoms with E-state index in [-0.39, 0.29) is 12.1 Å². The number of anilines is 1. The molecule has 1 aromatic heterocycles. The van der Waals surface area contributed by atoms with Gasteiger partial charge in [0.1, 0.15) is 5.82 Å². The molecule has 19 heavy (non-hydrogen) atoms. The van der Waals surface area contributed by atoms with Gasteiger partial charge in [-0.15, -0.1) is 0 Å². The summed E-state index contributed by atoms with van der Waals surface area (Å²) in [6.45, 7) is 3.40. The Labute approximate surface area is 113 Å². The first-order valence-electron chi connectivity index (χ1n) is 6.62. The van der Waals surface area contributed by atoms with Crippen LogP contribution in [-0.4, -0.2) is 37.3 Å². The molecule has 1 aliphatic rings. The third-order valence-electron chi connectivity index (χ3n) is 3.28. The molecule has 1 saturated heterocycles. The van der Waals surface area contributed by atoms with Crippen LogP contribution < -0.4 is 5.32 Å². The minimum atomic E-state index is -0.354. The van der Waals surface area contributed by atoms with Crippen molar-refractivity contribution >= 4 is 11.8 Å². The third kappa shape index (κ3) is 3.67. The summed E-state index contributed by atoms with van der Waals surface area (Å²) >= 11 is 0. The molecule has 1 aliphatic heterocycles. The van der Waals surface area contributed by atoms with E-state index in [1.54, 1.807) is 19.1 Å². The molecule has 1 unspecified atom stereocenters. The highest BCUT2D eigenvalue weighted by atomic mass is 16.5. The Balaban J connectivity index is 1.94. The van der Waals surface area contributed by atoms with Gasteiger partial charge in [-0.1, -0.05) is 0 Å². The predicted octanol–water partition coefficient (Wildman–Crippen LogP) is 2.16. The summed E-state index contributed by atoms with van der Waals surface area (Å²) in [5, 5.41) is 3.25. The lowest BCUT2D eigenvalue weighted by atomic mass is 10.1. The number of pyridine rings is 1. The fourth-order valence-corrected chi connectivity index (χ4v) is 2.17. The van der Waals surface area contributed by atoms with E-state index >= 15 is 0 Å². The highest BCUT2D eigenvalue weighted by Crippen LogP contribution is 2.15. The molecule has 0 spiro atoms. The number of hydrogen-bond donors (Lipinski definition) is 1. The van der Waals surface area contributed by atoms with Crippen LogP contribution in [-0.2, 0) is 9.47 Å². The predicted molar refractivity (Wildman–Crippen MR) is 72.4 cm³/mol. The third-order valence-corrected chi connectivity index (χ3v) is 3.28. The first-order chi connectivity index (χ1) is 9.20. The molecule has 0 amide bonds. The highest BCUT2D eigenvalue weighted by Gasteiger charge is 2.14. The van der Waals surface area contributed by atoms with Gasteiger partial charge >= 0.3 is 5.97 Å². The molecule has 0 aromatic carbocycles. The molecule has 0 aliphatic carbocycles. The first-order valence-corrected chi connectivity index (χ1v) is 6.62. The van der Waals surface area contributed by atoms with Crippen molar-refractivity contribution in [3.63, 3.8) is 0 Å². The van der Waals surface area contributed by atoms with Gasteiger partial charge in [-0.05, 0) is 38.3 Å². The minimum absolute atomic E-state index is 0.260. The Hall–Kier alpha value is -1.62. The van der Waals surface area contributed by atoms with Crippen LogP contribution in [0, 0.1) is 6.92 Å². The van der Waals surface area contributed by atoms with Crippen LogP contribution >= 0.6 is 0 Å². The Morgan fingerprint density at radius 1 is 1.53 bits per heavy atom. The van der Waals surface area contributed by atoms with Crippen LogP contribution in [0.5, 0.6) is 0 Å². The summed E-state index contributed by atoms with van der Waals surface area (Å²) in [6, 6.07) is 3.53. The summed E-state index contributed by atoms with van der Waals surface area (Å²) in [7, 11) is 1.37. The van der Waals surface area contributed by atoms with Gasteiger partial charge in [0.15, 0.2) is 0 Å². The summed E-state index contributed by atoms with van der Waals surface area (Å²) < 4.78 is 10.3. The summed E-state index contributed by atoms with van der Waals surface area (Å²) in [4.78, 5) is 15.8. The lowest BCUT2D eigenvalue weighted by Crippen LogP contribution is -2.27. The van der Waals surface area contributed by atoms with Crippen molar-refractivity contribution in [2.45, 2.75) is 32.3 Å². The molecular formula is C14H20N2O3. The second-order valence-electron chi connectivity index (χ2n) is 4.69. The SMILES string of the molecule is COC(=O)c1ccc(NCC2CCCCO2)nc1C. The maximum atomic E-state index is 11.4. The van der Waals surface area contributed by atoms with E-state index < -0.39 is 0 Å². The van der Waals surface area contributed by atoms with E-state index in [9.17, 15) is 4.79 Å². The number of methoxy groups -OCH3 is 1. The van der Waals surface area contributed by atoms with Crippen LogP contribution in [0.4, 0.5) is 5.82 Å². The maximum absolute atomic E-state index is 11.4. The molecule has 2 heterocycles. The van der Waals surface area contributed by atoms with Crippen molar-refractivity contribution < 1.29 is 14.3 Å². The van der Waals surface area contributed by atoms with Crippen molar-refractivity contribution in [3.05, 3.63) is 23.4 Å². The number of esters is 1. The maximum Gasteiger partial charge on any atom is 0.339 e. The molecular weight excluding hydrogens is 244 g/mol. The van der Waals surface area contributed by atoms with Crippen molar-refractivity contribution in [1.82, 2.24) is 4.98 Å². The number of carbonyl (C=O) groups excluding carboxylic acids is 1. The summed E-state index contributed by atoms with van der Waals surface area (Å²) in [6.07, 6.45) is 3.73. The smallest absolute Gasteiger partial charge is 0.339 e. The van der Waals surface area contributed by atoms with E-state index in [2.05, 4.69) is 10.3 Å². The largest absolute Gasteiger partial charge is 0.465 e. The second kappa shape index (κ2) is 6.52. The zero-order valence-electron chi connectivity index (χ0n) is 11.4. The van der Waals surface area contributed by atoms with Gasteiger partial charge in [0.25, 0.3) is 0 Å². The quantitative estimate of drug-likeness (QED) is 0.844. The van der Waals surface area contributed by atoms with Crippen molar-refractivity contribution in [3.8, 4) is 0 Å². The van der Waals surface area contributed by atoms with Gasteiger partial charge in [-0.3, -0.25) is 0 Å². The Morgan fingerprint density at radius 2 is 2.37 bits per heavy atom. The Kier molecular flexibility index (Phi) is 4.74. The fourth-order valence-electron chi connectivity index (χ4n) is 2.17. The van der Waals surface area contributed by atoms with Crippen LogP contribution in [0.2, 0.25) is 0 Å². The molecule has 1 N–H and O–H groups in total. The van der Waals surface area contributed by atoms with Crippen LogP contribution in [0.3, 0.4) is 0 Å². The molecule has 0 bridgehead atoms.